The summed E-state index contributed by atoms with van der Waals surface area (Å²) in [5.74, 6) is 0.420. The van der Waals surface area contributed by atoms with Crippen molar-refractivity contribution in [3.05, 3.63) is 117 Å². The molecule has 2 N–H and O–H groups in total. The Morgan fingerprint density at radius 2 is 1.75 bits per heavy atom. The third-order valence-corrected chi connectivity index (χ3v) is 6.73. The highest BCUT2D eigenvalue weighted by Gasteiger charge is 2.33. The number of hydrogen-bond acceptors (Lipinski definition) is 6. The molecule has 0 radical (unpaired) electrons. The number of anilines is 1. The summed E-state index contributed by atoms with van der Waals surface area (Å²) in [5.41, 5.74) is 10.2. The van der Waals surface area contributed by atoms with Crippen LogP contribution >= 0.6 is 0 Å². The highest BCUT2D eigenvalue weighted by Crippen LogP contribution is 2.30. The Morgan fingerprint density at radius 3 is 2.31 bits per heavy atom. The van der Waals surface area contributed by atoms with Gasteiger partial charge in [-0.15, -0.1) is 0 Å². The van der Waals surface area contributed by atoms with E-state index in [1.807, 2.05) is 24.3 Å². The Hall–Kier alpha value is -4.10. The van der Waals surface area contributed by atoms with Crippen LogP contribution in [0.5, 0.6) is 0 Å². The van der Waals surface area contributed by atoms with Crippen LogP contribution in [0.1, 0.15) is 30.4 Å². The topological polar surface area (TPSA) is 107 Å². The lowest BCUT2D eigenvalue weighted by atomic mass is 9.91. The molecule has 2 aromatic rings. The Labute approximate surface area is 210 Å². The summed E-state index contributed by atoms with van der Waals surface area (Å²) in [6, 6.07) is 18.2. The number of Topliss-reactive ketones (excluding diaryl/α,β-unsaturated/α-hetero) is 1. The zero-order valence-corrected chi connectivity index (χ0v) is 20.0. The number of nitrogens with two attached hydrogens (primary N) is 1. The van der Waals surface area contributed by atoms with Crippen LogP contribution in [0.15, 0.2) is 95.7 Å². The zero-order valence-electron chi connectivity index (χ0n) is 20.0. The van der Waals surface area contributed by atoms with Crippen molar-refractivity contribution in [1.82, 2.24) is 4.90 Å². The summed E-state index contributed by atoms with van der Waals surface area (Å²) in [6.07, 6.45) is 10.7. The van der Waals surface area contributed by atoms with Crippen molar-refractivity contribution in [2.24, 2.45) is 5.92 Å². The molecule has 7 heteroatoms. The zero-order chi connectivity index (χ0) is 25.5. The molecule has 36 heavy (non-hydrogen) atoms. The highest BCUT2D eigenvalue weighted by molar-refractivity contribution is 6.18. The number of hydrogen-bond donors (Lipinski definition) is 1. The Bertz CT molecular complexity index is 1270. The Kier molecular flexibility index (Phi) is 8.02. The number of likely N-dealkylation sites (tertiary alicyclic amines) is 1. The number of ketones is 1. The molecule has 1 aliphatic heterocycles. The van der Waals surface area contributed by atoms with Crippen molar-refractivity contribution in [2.45, 2.75) is 25.8 Å². The number of carbonyl (C=O) groups excluding carboxylic acids is 2. The fourth-order valence-electron chi connectivity index (χ4n) is 4.67. The van der Waals surface area contributed by atoms with Gasteiger partial charge < -0.3 is 5.73 Å². The second-order valence-corrected chi connectivity index (χ2v) is 9.12. The number of allylic oxidation sites excluding steroid dienone is 7. The number of para-hydroxylation sites is 1. The number of carbonyl (C=O) groups is 2. The normalized spacial score (nSPS) is 17.6. The van der Waals surface area contributed by atoms with Crippen LogP contribution in [-0.4, -0.2) is 35.0 Å². The molecule has 1 heterocycles. The average Bonchev–Trinajstić information content (AvgIpc) is 3.42. The van der Waals surface area contributed by atoms with Crippen LogP contribution < -0.4 is 5.73 Å². The van der Waals surface area contributed by atoms with Gasteiger partial charge >= 0.3 is 0 Å². The first-order valence-electron chi connectivity index (χ1n) is 12.1. The highest BCUT2D eigenvalue weighted by atomic mass is 16.6. The van der Waals surface area contributed by atoms with Gasteiger partial charge in [0.2, 0.25) is 0 Å². The molecule has 0 saturated carbocycles. The van der Waals surface area contributed by atoms with Crippen LogP contribution in [0.4, 0.5) is 5.69 Å². The second-order valence-electron chi connectivity index (χ2n) is 9.12. The van der Waals surface area contributed by atoms with Crippen molar-refractivity contribution in [3.8, 4) is 0 Å². The van der Waals surface area contributed by atoms with Gasteiger partial charge in [-0.3, -0.25) is 24.6 Å². The maximum Gasteiger partial charge on any atom is 0.281 e. The third-order valence-electron chi connectivity index (χ3n) is 6.73. The van der Waals surface area contributed by atoms with Gasteiger partial charge in [-0.2, -0.15) is 0 Å². The predicted molar refractivity (Wildman–Crippen MR) is 140 cm³/mol. The molecule has 3 aliphatic rings. The van der Waals surface area contributed by atoms with Gasteiger partial charge in [0.25, 0.3) is 5.70 Å². The minimum Gasteiger partial charge on any atom is -0.398 e. The summed E-state index contributed by atoms with van der Waals surface area (Å²) >= 11 is 0. The van der Waals surface area contributed by atoms with Crippen LogP contribution in [-0.2, 0) is 16.1 Å². The molecule has 2 aromatic carbocycles. The second kappa shape index (κ2) is 11.6. The number of fused-ring (bicyclic) bond motifs is 2. The number of nitrogen functional groups attached to an aromatic ring is 1. The fourth-order valence-corrected chi connectivity index (χ4v) is 4.67. The molecule has 0 atom stereocenters. The van der Waals surface area contributed by atoms with Crippen molar-refractivity contribution in [3.63, 3.8) is 0 Å². The first-order valence-corrected chi connectivity index (χ1v) is 12.1. The Balaban J connectivity index is 0.000000229. The van der Waals surface area contributed by atoms with E-state index in [4.69, 9.17) is 5.73 Å². The molecule has 184 valence electrons. The molecule has 5 rings (SSSR count). The summed E-state index contributed by atoms with van der Waals surface area (Å²) in [5, 5.41) is 10.3. The number of rotatable bonds is 7. The maximum atomic E-state index is 11.5. The van der Waals surface area contributed by atoms with E-state index >= 15 is 0 Å². The molecular formula is C29H29N3O4. The number of benzene rings is 2. The summed E-state index contributed by atoms with van der Waals surface area (Å²) < 4.78 is 0. The molecule has 0 amide bonds. The van der Waals surface area contributed by atoms with E-state index in [2.05, 4.69) is 41.3 Å². The van der Waals surface area contributed by atoms with Gasteiger partial charge in [0.15, 0.2) is 5.78 Å². The van der Waals surface area contributed by atoms with E-state index in [1.165, 1.54) is 30.6 Å². The van der Waals surface area contributed by atoms with Crippen LogP contribution in [0.2, 0.25) is 0 Å². The third kappa shape index (κ3) is 5.93. The van der Waals surface area contributed by atoms with Gasteiger partial charge in [0.1, 0.15) is 11.9 Å². The number of piperidine rings is 1. The van der Waals surface area contributed by atoms with Gasteiger partial charge in [-0.25, -0.2) is 0 Å². The SMILES string of the molecule is Nc1ccccc1C(C=O)=CCC1CCN(Cc2ccccc2)CC1.O=C1C2=CC([N+](=O)[O-])=C1C=C2. The van der Waals surface area contributed by atoms with E-state index in [0.29, 0.717) is 22.8 Å². The summed E-state index contributed by atoms with van der Waals surface area (Å²) in [7, 11) is 0. The molecule has 0 unspecified atom stereocenters. The molecule has 0 aromatic heterocycles. The largest absolute Gasteiger partial charge is 0.398 e. The van der Waals surface area contributed by atoms with Crippen molar-refractivity contribution in [2.75, 3.05) is 18.8 Å². The van der Waals surface area contributed by atoms with E-state index in [-0.39, 0.29) is 17.1 Å². The van der Waals surface area contributed by atoms with Gasteiger partial charge in [-0.1, -0.05) is 54.6 Å². The van der Waals surface area contributed by atoms with Crippen LogP contribution in [0, 0.1) is 16.0 Å². The molecule has 0 spiro atoms. The lowest BCUT2D eigenvalue weighted by Gasteiger charge is -2.31. The van der Waals surface area contributed by atoms with Crippen molar-refractivity contribution < 1.29 is 14.5 Å². The Morgan fingerprint density at radius 1 is 1.06 bits per heavy atom. The number of nitrogens with zero attached hydrogens (tertiary/aromatic N) is 2. The van der Waals surface area contributed by atoms with Gasteiger partial charge in [0.05, 0.1) is 4.92 Å². The van der Waals surface area contributed by atoms with E-state index in [1.54, 1.807) is 6.08 Å². The maximum absolute atomic E-state index is 11.5. The molecule has 1 fully saturated rings. The van der Waals surface area contributed by atoms with Crippen molar-refractivity contribution >= 4 is 23.3 Å². The lowest BCUT2D eigenvalue weighted by Crippen LogP contribution is -2.33. The first kappa shape index (κ1) is 25.0. The smallest absolute Gasteiger partial charge is 0.281 e. The lowest BCUT2D eigenvalue weighted by molar-refractivity contribution is -0.419. The minimum absolute atomic E-state index is 0.0764. The summed E-state index contributed by atoms with van der Waals surface area (Å²) in [4.78, 5) is 34.7. The standard InChI is InChI=1S/C22H26N2O.C7H3NO3/c23-22-9-5-4-8-21(22)20(17-25)11-10-18-12-14-24(15-13-18)16-19-6-2-1-3-7-19;9-7-4-1-2-5(7)6(3-4)8(10)11/h1-9,11,17-18H,10,12-16,23H2;1-3H. The summed E-state index contributed by atoms with van der Waals surface area (Å²) in [6.45, 7) is 3.28. The molecule has 7 nitrogen and oxygen atoms in total. The van der Waals surface area contributed by atoms with Gasteiger partial charge in [-0.05, 0) is 62.1 Å². The monoisotopic (exact) mass is 483 g/mol. The molecule has 2 bridgehead atoms. The molecule has 1 saturated heterocycles. The minimum atomic E-state index is -0.538. The van der Waals surface area contributed by atoms with Gasteiger partial charge in [0, 0.05) is 35.0 Å². The average molecular weight is 484 g/mol. The first-order chi connectivity index (χ1) is 17.5. The molecule has 2 aliphatic carbocycles. The fraction of sp³-hybridized carbons (Fsp3) is 0.241. The number of aldehydes is 1. The van der Waals surface area contributed by atoms with E-state index < -0.39 is 4.92 Å². The quantitative estimate of drug-likeness (QED) is 0.200. The van der Waals surface area contributed by atoms with Crippen LogP contribution in [0.3, 0.4) is 0 Å². The van der Waals surface area contributed by atoms with E-state index in [0.717, 1.165) is 37.9 Å². The predicted octanol–water partition coefficient (Wildman–Crippen LogP) is 4.75. The van der Waals surface area contributed by atoms with Crippen molar-refractivity contribution in [1.29, 1.82) is 0 Å². The van der Waals surface area contributed by atoms with Crippen LogP contribution in [0.25, 0.3) is 5.57 Å². The molecular weight excluding hydrogens is 454 g/mol. The van der Waals surface area contributed by atoms with E-state index in [9.17, 15) is 19.7 Å². The number of nitro groups is 1.